The highest BCUT2D eigenvalue weighted by Crippen LogP contribution is 2.25. The van der Waals surface area contributed by atoms with Crippen molar-refractivity contribution in [1.29, 1.82) is 0 Å². The number of thiocarbonyl (C=S) groups is 1. The maximum atomic E-state index is 5.69. The summed E-state index contributed by atoms with van der Waals surface area (Å²) < 4.78 is 0. The number of aryl methyl sites for hydroxylation is 1. The van der Waals surface area contributed by atoms with E-state index in [1.165, 1.54) is 25.7 Å². The molecule has 17 heavy (non-hydrogen) atoms. The molecule has 0 radical (unpaired) electrons. The number of nitrogens with two attached hydrogens (primary N) is 1. The highest BCUT2D eigenvalue weighted by Gasteiger charge is 2.23. The van der Waals surface area contributed by atoms with Gasteiger partial charge < -0.3 is 5.73 Å². The Labute approximate surface area is 112 Å². The fourth-order valence-electron chi connectivity index (χ4n) is 2.47. The predicted molar refractivity (Wildman–Crippen MR) is 76.3 cm³/mol. The molecule has 1 aromatic rings. The van der Waals surface area contributed by atoms with E-state index in [4.69, 9.17) is 18.0 Å². The van der Waals surface area contributed by atoms with Crippen molar-refractivity contribution in [3.05, 3.63) is 16.1 Å². The number of hydrogen-bond acceptors (Lipinski definition) is 4. The third kappa shape index (κ3) is 3.72. The summed E-state index contributed by atoms with van der Waals surface area (Å²) in [6.45, 7) is 3.64. The van der Waals surface area contributed by atoms with Gasteiger partial charge in [0, 0.05) is 24.5 Å². The summed E-state index contributed by atoms with van der Waals surface area (Å²) in [4.78, 5) is 7.50. The van der Waals surface area contributed by atoms with Crippen LogP contribution in [0.4, 0.5) is 0 Å². The Kier molecular flexibility index (Phi) is 4.48. The number of aromatic nitrogens is 1. The molecule has 2 N–H and O–H groups in total. The lowest BCUT2D eigenvalue weighted by molar-refractivity contribution is 0.216. The number of hydrogen-bond donors (Lipinski definition) is 1. The van der Waals surface area contributed by atoms with E-state index < -0.39 is 0 Å². The molecule has 1 aliphatic rings. The molecular weight excluding hydrogens is 250 g/mol. The number of thiazole rings is 1. The van der Waals surface area contributed by atoms with Gasteiger partial charge in [-0.05, 0) is 19.8 Å². The Bertz CT molecular complexity index is 383. The Morgan fingerprint density at radius 2 is 2.29 bits per heavy atom. The fraction of sp³-hybridized carbons (Fsp3) is 0.667. The number of nitrogens with zero attached hydrogens (tertiary/aromatic N) is 2. The van der Waals surface area contributed by atoms with Crippen LogP contribution in [0.5, 0.6) is 0 Å². The summed E-state index contributed by atoms with van der Waals surface area (Å²) in [6, 6.07) is 0.638. The lowest BCUT2D eigenvalue weighted by Gasteiger charge is -2.27. The average molecular weight is 269 g/mol. The lowest BCUT2D eigenvalue weighted by Crippen LogP contribution is -2.38. The zero-order valence-electron chi connectivity index (χ0n) is 10.2. The summed E-state index contributed by atoms with van der Waals surface area (Å²) in [5, 5.41) is 3.26. The van der Waals surface area contributed by atoms with E-state index >= 15 is 0 Å². The quantitative estimate of drug-likeness (QED) is 0.834. The van der Waals surface area contributed by atoms with Gasteiger partial charge in [0.2, 0.25) is 0 Å². The number of rotatable bonds is 5. The normalized spacial score (nSPS) is 16.8. The van der Waals surface area contributed by atoms with Crippen molar-refractivity contribution >= 4 is 28.5 Å². The topological polar surface area (TPSA) is 42.2 Å². The second kappa shape index (κ2) is 5.89. The first-order valence-electron chi connectivity index (χ1n) is 6.08. The van der Waals surface area contributed by atoms with Crippen LogP contribution in [0, 0.1) is 6.92 Å². The SMILES string of the molecule is Cc1nc(CN(CC(N)=S)C2CCCC2)cs1. The van der Waals surface area contributed by atoms with Crippen LogP contribution in [0.1, 0.15) is 36.4 Å². The largest absolute Gasteiger partial charge is 0.392 e. The van der Waals surface area contributed by atoms with Gasteiger partial charge in [-0.2, -0.15) is 0 Å². The minimum atomic E-state index is 0.587. The van der Waals surface area contributed by atoms with E-state index in [2.05, 4.69) is 15.3 Å². The van der Waals surface area contributed by atoms with Crippen molar-refractivity contribution in [3.63, 3.8) is 0 Å². The molecule has 3 nitrogen and oxygen atoms in total. The standard InChI is InChI=1S/C12H19N3S2/c1-9-14-10(8-17-9)6-15(7-12(13)16)11-4-2-3-5-11/h8,11H,2-7H2,1H3,(H2,13,16). The van der Waals surface area contributed by atoms with Crippen molar-refractivity contribution in [2.45, 2.75) is 45.2 Å². The van der Waals surface area contributed by atoms with E-state index in [1.54, 1.807) is 11.3 Å². The highest BCUT2D eigenvalue weighted by atomic mass is 32.1. The maximum absolute atomic E-state index is 5.69. The molecule has 94 valence electrons. The van der Waals surface area contributed by atoms with E-state index in [0.717, 1.165) is 23.8 Å². The van der Waals surface area contributed by atoms with Crippen LogP contribution in [-0.2, 0) is 6.54 Å². The lowest BCUT2D eigenvalue weighted by atomic mass is 10.2. The summed E-state index contributed by atoms with van der Waals surface area (Å²) >= 11 is 6.75. The molecular formula is C12H19N3S2. The zero-order chi connectivity index (χ0) is 12.3. The molecule has 1 aromatic heterocycles. The molecule has 0 amide bonds. The second-order valence-electron chi connectivity index (χ2n) is 4.67. The van der Waals surface area contributed by atoms with Crippen LogP contribution in [0.15, 0.2) is 5.38 Å². The third-order valence-electron chi connectivity index (χ3n) is 3.23. The molecule has 0 bridgehead atoms. The zero-order valence-corrected chi connectivity index (χ0v) is 11.8. The molecule has 2 rings (SSSR count). The molecule has 5 heteroatoms. The Morgan fingerprint density at radius 3 is 2.82 bits per heavy atom. The van der Waals surface area contributed by atoms with Crippen molar-refractivity contribution in [2.75, 3.05) is 6.54 Å². The van der Waals surface area contributed by atoms with Crippen molar-refractivity contribution in [2.24, 2.45) is 5.73 Å². The van der Waals surface area contributed by atoms with Gasteiger partial charge in [-0.15, -0.1) is 11.3 Å². The van der Waals surface area contributed by atoms with Gasteiger partial charge in [0.1, 0.15) is 0 Å². The molecule has 0 aliphatic heterocycles. The van der Waals surface area contributed by atoms with Gasteiger partial charge in [0.05, 0.1) is 15.7 Å². The molecule has 0 spiro atoms. The summed E-state index contributed by atoms with van der Waals surface area (Å²) in [7, 11) is 0. The van der Waals surface area contributed by atoms with Crippen molar-refractivity contribution in [3.8, 4) is 0 Å². The second-order valence-corrected chi connectivity index (χ2v) is 6.25. The van der Waals surface area contributed by atoms with E-state index in [9.17, 15) is 0 Å². The van der Waals surface area contributed by atoms with Crippen LogP contribution in [0.3, 0.4) is 0 Å². The average Bonchev–Trinajstić information content (AvgIpc) is 2.87. The van der Waals surface area contributed by atoms with Crippen LogP contribution < -0.4 is 5.73 Å². The molecule has 0 unspecified atom stereocenters. The van der Waals surface area contributed by atoms with Crippen molar-refractivity contribution in [1.82, 2.24) is 9.88 Å². The van der Waals surface area contributed by atoms with Gasteiger partial charge in [-0.25, -0.2) is 4.98 Å². The maximum Gasteiger partial charge on any atom is 0.0897 e. The monoisotopic (exact) mass is 269 g/mol. The molecule has 0 aromatic carbocycles. The first-order chi connectivity index (χ1) is 8.15. The smallest absolute Gasteiger partial charge is 0.0897 e. The summed E-state index contributed by atoms with van der Waals surface area (Å²) in [5.41, 5.74) is 6.84. The van der Waals surface area contributed by atoms with E-state index in [0.29, 0.717) is 11.0 Å². The van der Waals surface area contributed by atoms with Gasteiger partial charge in [0.15, 0.2) is 0 Å². The van der Waals surface area contributed by atoms with E-state index in [-0.39, 0.29) is 0 Å². The first-order valence-corrected chi connectivity index (χ1v) is 7.37. The first kappa shape index (κ1) is 12.9. The molecule has 1 aliphatic carbocycles. The Hall–Kier alpha value is -0.520. The summed E-state index contributed by atoms with van der Waals surface area (Å²) in [6.07, 6.45) is 5.20. The van der Waals surface area contributed by atoms with Gasteiger partial charge in [0.25, 0.3) is 0 Å². The highest BCUT2D eigenvalue weighted by molar-refractivity contribution is 7.80. The fourth-order valence-corrected chi connectivity index (χ4v) is 3.24. The molecule has 1 heterocycles. The minimum Gasteiger partial charge on any atom is -0.392 e. The van der Waals surface area contributed by atoms with Gasteiger partial charge >= 0.3 is 0 Å². The Balaban J connectivity index is 2.01. The predicted octanol–water partition coefficient (Wildman–Crippen LogP) is 2.48. The van der Waals surface area contributed by atoms with E-state index in [1.807, 2.05) is 6.92 Å². The molecule has 1 fully saturated rings. The van der Waals surface area contributed by atoms with Crippen LogP contribution in [0.2, 0.25) is 0 Å². The summed E-state index contributed by atoms with van der Waals surface area (Å²) in [5.74, 6) is 0. The van der Waals surface area contributed by atoms with Crippen LogP contribution in [0.25, 0.3) is 0 Å². The molecule has 0 atom stereocenters. The Morgan fingerprint density at radius 1 is 1.59 bits per heavy atom. The molecule has 1 saturated carbocycles. The van der Waals surface area contributed by atoms with Crippen molar-refractivity contribution < 1.29 is 0 Å². The minimum absolute atomic E-state index is 0.587. The van der Waals surface area contributed by atoms with Gasteiger partial charge in [-0.3, -0.25) is 4.90 Å². The van der Waals surface area contributed by atoms with Crippen LogP contribution >= 0.6 is 23.6 Å². The van der Waals surface area contributed by atoms with Gasteiger partial charge in [-0.1, -0.05) is 25.1 Å². The molecule has 0 saturated heterocycles. The van der Waals surface area contributed by atoms with Crippen LogP contribution in [-0.4, -0.2) is 27.5 Å². The third-order valence-corrected chi connectivity index (χ3v) is 4.18.